The van der Waals surface area contributed by atoms with Gasteiger partial charge in [0.25, 0.3) is 5.91 Å². The van der Waals surface area contributed by atoms with Crippen molar-refractivity contribution >= 4 is 23.3 Å². The Kier molecular flexibility index (Phi) is 7.32. The zero-order valence-electron chi connectivity index (χ0n) is 20.4. The molecule has 0 fully saturated rings. The van der Waals surface area contributed by atoms with Gasteiger partial charge >= 0.3 is 6.03 Å². The van der Waals surface area contributed by atoms with Crippen LogP contribution in [0.3, 0.4) is 0 Å². The number of urea groups is 1. The number of aliphatic hydroxyl groups excluding tert-OH is 1. The number of carbonyl (C=O) groups is 2. The highest BCUT2D eigenvalue weighted by molar-refractivity contribution is 6.02. The smallest absolute Gasteiger partial charge is 0.323 e. The van der Waals surface area contributed by atoms with Crippen LogP contribution in [-0.2, 0) is 0 Å². The molecule has 2 aliphatic heterocycles. The number of amides is 3. The summed E-state index contributed by atoms with van der Waals surface area (Å²) in [4.78, 5) is 29.8. The average molecular weight is 485 g/mol. The Morgan fingerprint density at radius 3 is 2.46 bits per heavy atom. The van der Waals surface area contributed by atoms with Gasteiger partial charge < -0.3 is 39.8 Å². The van der Waals surface area contributed by atoms with E-state index in [1.807, 2.05) is 32.8 Å². The maximum Gasteiger partial charge on any atom is 0.323 e. The maximum absolute atomic E-state index is 13.5. The van der Waals surface area contributed by atoms with Crippen LogP contribution in [0.4, 0.5) is 16.2 Å². The monoisotopic (exact) mass is 484 g/mol. The molecule has 3 atom stereocenters. The Labute approximate surface area is 204 Å². The highest BCUT2D eigenvalue weighted by Crippen LogP contribution is 2.34. The quantitative estimate of drug-likeness (QED) is 0.578. The van der Waals surface area contributed by atoms with Crippen molar-refractivity contribution in [1.82, 2.24) is 9.80 Å². The van der Waals surface area contributed by atoms with E-state index in [1.165, 1.54) is 0 Å². The molecule has 0 aliphatic carbocycles. The highest BCUT2D eigenvalue weighted by Gasteiger charge is 2.33. The standard InChI is InChI=1S/C25H32N4O6/c1-15-11-29(16(2)13-30)24(31)19-9-17(5-7-20(19)35-23(15)12-28(3)4)26-25(32)27-18-6-8-21-22(10-18)34-14-33-21/h5-10,15-16,23,30H,11-14H2,1-4H3,(H2,26,27,32)/t15-,16-,23-/m1/s1. The summed E-state index contributed by atoms with van der Waals surface area (Å²) in [7, 11) is 3.95. The Balaban J connectivity index is 1.56. The summed E-state index contributed by atoms with van der Waals surface area (Å²) in [6, 6.07) is 9.30. The van der Waals surface area contributed by atoms with Gasteiger partial charge in [-0.1, -0.05) is 6.92 Å². The fourth-order valence-corrected chi connectivity index (χ4v) is 4.15. The second-order valence-corrected chi connectivity index (χ2v) is 9.24. The van der Waals surface area contributed by atoms with Crippen LogP contribution in [0.1, 0.15) is 24.2 Å². The number of hydrogen-bond acceptors (Lipinski definition) is 7. The summed E-state index contributed by atoms with van der Waals surface area (Å²) in [6.45, 7) is 4.97. The Morgan fingerprint density at radius 1 is 1.11 bits per heavy atom. The van der Waals surface area contributed by atoms with E-state index in [9.17, 15) is 14.7 Å². The van der Waals surface area contributed by atoms with Crippen molar-refractivity contribution < 1.29 is 28.9 Å². The number of nitrogens with zero attached hydrogens (tertiary/aromatic N) is 2. The number of likely N-dealkylation sites (N-methyl/N-ethyl adjacent to an activating group) is 1. The Bertz CT molecular complexity index is 1090. The average Bonchev–Trinajstić information content (AvgIpc) is 3.29. The van der Waals surface area contributed by atoms with Gasteiger partial charge in [0, 0.05) is 36.4 Å². The molecule has 0 unspecified atom stereocenters. The molecule has 3 N–H and O–H groups in total. The first-order valence-corrected chi connectivity index (χ1v) is 11.6. The molecule has 188 valence electrons. The summed E-state index contributed by atoms with van der Waals surface area (Å²) in [5, 5.41) is 15.3. The fourth-order valence-electron chi connectivity index (χ4n) is 4.15. The van der Waals surface area contributed by atoms with Crippen LogP contribution in [0.5, 0.6) is 17.2 Å². The van der Waals surface area contributed by atoms with Crippen LogP contribution < -0.4 is 24.8 Å². The molecule has 2 aromatic carbocycles. The number of ether oxygens (including phenoxy) is 3. The second kappa shape index (κ2) is 10.4. The molecule has 4 rings (SSSR count). The first kappa shape index (κ1) is 24.6. The van der Waals surface area contributed by atoms with Crippen LogP contribution in [0, 0.1) is 5.92 Å². The molecule has 0 aromatic heterocycles. The normalized spacial score (nSPS) is 19.9. The minimum atomic E-state index is -0.470. The number of nitrogens with one attached hydrogen (secondary N) is 2. The second-order valence-electron chi connectivity index (χ2n) is 9.24. The van der Waals surface area contributed by atoms with Crippen LogP contribution in [0.2, 0.25) is 0 Å². The molecule has 2 aromatic rings. The van der Waals surface area contributed by atoms with Crippen LogP contribution in [0.15, 0.2) is 36.4 Å². The van der Waals surface area contributed by atoms with E-state index in [-0.39, 0.29) is 37.4 Å². The lowest BCUT2D eigenvalue weighted by molar-refractivity contribution is 0.0363. The topological polar surface area (TPSA) is 113 Å². The van der Waals surface area contributed by atoms with Gasteiger partial charge in [-0.15, -0.1) is 0 Å². The van der Waals surface area contributed by atoms with Crippen LogP contribution in [0.25, 0.3) is 0 Å². The van der Waals surface area contributed by atoms with E-state index in [2.05, 4.69) is 10.6 Å². The highest BCUT2D eigenvalue weighted by atomic mass is 16.7. The van der Waals surface area contributed by atoms with Crippen molar-refractivity contribution in [2.45, 2.75) is 26.0 Å². The molecule has 0 radical (unpaired) electrons. The van der Waals surface area contributed by atoms with E-state index in [0.29, 0.717) is 47.3 Å². The van der Waals surface area contributed by atoms with Crippen molar-refractivity contribution in [2.24, 2.45) is 5.92 Å². The largest absolute Gasteiger partial charge is 0.488 e. The molecule has 0 spiro atoms. The molecule has 10 nitrogen and oxygen atoms in total. The van der Waals surface area contributed by atoms with Gasteiger partial charge in [-0.05, 0) is 51.4 Å². The van der Waals surface area contributed by atoms with E-state index in [0.717, 1.165) is 0 Å². The van der Waals surface area contributed by atoms with Crippen LogP contribution >= 0.6 is 0 Å². The van der Waals surface area contributed by atoms with Crippen molar-refractivity contribution in [3.63, 3.8) is 0 Å². The molecule has 2 aliphatic rings. The maximum atomic E-state index is 13.5. The molecular weight excluding hydrogens is 452 g/mol. The van der Waals surface area contributed by atoms with Gasteiger partial charge in [-0.25, -0.2) is 4.79 Å². The van der Waals surface area contributed by atoms with Gasteiger partial charge in [-0.3, -0.25) is 4.79 Å². The first-order chi connectivity index (χ1) is 16.7. The molecule has 0 saturated heterocycles. The van der Waals surface area contributed by atoms with Crippen molar-refractivity contribution in [2.75, 3.05) is 51.2 Å². The van der Waals surface area contributed by atoms with E-state index >= 15 is 0 Å². The van der Waals surface area contributed by atoms with Gasteiger partial charge in [0.2, 0.25) is 6.79 Å². The third-order valence-corrected chi connectivity index (χ3v) is 6.10. The molecule has 2 heterocycles. The van der Waals surface area contributed by atoms with Gasteiger partial charge in [-0.2, -0.15) is 0 Å². The number of anilines is 2. The Hall–Kier alpha value is -3.50. The van der Waals surface area contributed by atoms with E-state index < -0.39 is 6.03 Å². The number of aliphatic hydroxyl groups is 1. The number of carbonyl (C=O) groups excluding carboxylic acids is 2. The molecular formula is C25H32N4O6. The summed E-state index contributed by atoms with van der Waals surface area (Å²) in [5.41, 5.74) is 1.32. The number of hydrogen-bond donors (Lipinski definition) is 3. The molecule has 0 saturated carbocycles. The minimum absolute atomic E-state index is 0.0498. The lowest BCUT2D eigenvalue weighted by Gasteiger charge is -2.37. The number of fused-ring (bicyclic) bond motifs is 2. The third kappa shape index (κ3) is 5.60. The van der Waals surface area contributed by atoms with Crippen molar-refractivity contribution in [3.05, 3.63) is 42.0 Å². The lowest BCUT2D eigenvalue weighted by atomic mass is 9.99. The van der Waals surface area contributed by atoms with Crippen molar-refractivity contribution in [1.29, 1.82) is 0 Å². The SMILES string of the molecule is C[C@@H]1CN([C@H](C)CO)C(=O)c2cc(NC(=O)Nc3ccc4c(c3)OCO4)ccc2O[C@@H]1CN(C)C. The van der Waals surface area contributed by atoms with Gasteiger partial charge in [0.1, 0.15) is 11.9 Å². The predicted molar refractivity (Wildman–Crippen MR) is 131 cm³/mol. The third-order valence-electron chi connectivity index (χ3n) is 6.10. The Morgan fingerprint density at radius 2 is 1.77 bits per heavy atom. The van der Waals surface area contributed by atoms with Gasteiger partial charge in [0.05, 0.1) is 18.2 Å². The minimum Gasteiger partial charge on any atom is -0.488 e. The number of rotatable bonds is 6. The van der Waals surface area contributed by atoms with E-state index in [1.54, 1.807) is 41.3 Å². The fraction of sp³-hybridized carbons (Fsp3) is 0.440. The zero-order chi connectivity index (χ0) is 25.1. The van der Waals surface area contributed by atoms with Gasteiger partial charge in [0.15, 0.2) is 11.5 Å². The van der Waals surface area contributed by atoms with Crippen molar-refractivity contribution in [3.8, 4) is 17.2 Å². The summed E-state index contributed by atoms with van der Waals surface area (Å²) in [6.07, 6.45) is -0.154. The van der Waals surface area contributed by atoms with E-state index in [4.69, 9.17) is 14.2 Å². The first-order valence-electron chi connectivity index (χ1n) is 11.6. The summed E-state index contributed by atoms with van der Waals surface area (Å²) >= 11 is 0. The molecule has 10 heteroatoms. The molecule has 3 amide bonds. The summed E-state index contributed by atoms with van der Waals surface area (Å²) < 4.78 is 16.9. The molecule has 35 heavy (non-hydrogen) atoms. The van der Waals surface area contributed by atoms with Crippen LogP contribution in [-0.4, -0.2) is 79.6 Å². The number of benzene rings is 2. The molecule has 0 bridgehead atoms. The lowest BCUT2D eigenvalue weighted by Crippen LogP contribution is -2.49. The predicted octanol–water partition coefficient (Wildman–Crippen LogP) is 2.84. The summed E-state index contributed by atoms with van der Waals surface area (Å²) in [5.74, 6) is 1.43. The zero-order valence-corrected chi connectivity index (χ0v) is 20.4.